The van der Waals surface area contributed by atoms with Crippen LogP contribution in [0.5, 0.6) is 0 Å². The van der Waals surface area contributed by atoms with Gasteiger partial charge in [-0.1, -0.05) is 24.6 Å². The van der Waals surface area contributed by atoms with Gasteiger partial charge < -0.3 is 5.11 Å². The molecule has 17 heavy (non-hydrogen) atoms. The number of halogens is 2. The first-order valence-corrected chi connectivity index (χ1v) is 6.58. The largest absolute Gasteiger partial charge is 0.480 e. The van der Waals surface area contributed by atoms with Gasteiger partial charge in [0.25, 0.3) is 0 Å². The first kappa shape index (κ1) is 14.5. The minimum atomic E-state index is -0.804. The molecular weight excluding hydrogens is 305 g/mol. The molecule has 3 nitrogen and oxygen atoms in total. The highest BCUT2D eigenvalue weighted by molar-refractivity contribution is 9.10. The SMILES string of the molecule is CCCN(CC(=O)O)Cc1ccc(Br)c(Cl)c1. The molecule has 0 heterocycles. The molecule has 0 saturated carbocycles. The monoisotopic (exact) mass is 319 g/mol. The van der Waals surface area contributed by atoms with Gasteiger partial charge in [-0.05, 0) is 46.6 Å². The van der Waals surface area contributed by atoms with E-state index in [1.165, 1.54) is 0 Å². The molecule has 0 bridgehead atoms. The Morgan fingerprint density at radius 3 is 2.76 bits per heavy atom. The van der Waals surface area contributed by atoms with Gasteiger partial charge in [-0.15, -0.1) is 0 Å². The van der Waals surface area contributed by atoms with Crippen molar-refractivity contribution in [2.45, 2.75) is 19.9 Å². The lowest BCUT2D eigenvalue weighted by Gasteiger charge is -2.19. The van der Waals surface area contributed by atoms with Crippen LogP contribution in [-0.4, -0.2) is 29.1 Å². The number of carboxylic acid groups (broad SMARTS) is 1. The van der Waals surface area contributed by atoms with Crippen LogP contribution in [0.2, 0.25) is 5.02 Å². The second-order valence-corrected chi connectivity index (χ2v) is 5.11. The maximum Gasteiger partial charge on any atom is 0.317 e. The van der Waals surface area contributed by atoms with E-state index in [2.05, 4.69) is 15.9 Å². The second-order valence-electron chi connectivity index (χ2n) is 3.85. The highest BCUT2D eigenvalue weighted by atomic mass is 79.9. The number of hydrogen-bond donors (Lipinski definition) is 1. The van der Waals surface area contributed by atoms with Crippen LogP contribution in [0.3, 0.4) is 0 Å². The lowest BCUT2D eigenvalue weighted by atomic mass is 10.2. The Balaban J connectivity index is 2.71. The van der Waals surface area contributed by atoms with Crippen LogP contribution in [0, 0.1) is 0 Å². The van der Waals surface area contributed by atoms with Gasteiger partial charge in [0.1, 0.15) is 0 Å². The summed E-state index contributed by atoms with van der Waals surface area (Å²) >= 11 is 9.33. The van der Waals surface area contributed by atoms with E-state index in [9.17, 15) is 4.79 Å². The molecule has 0 saturated heterocycles. The van der Waals surface area contributed by atoms with Gasteiger partial charge >= 0.3 is 5.97 Å². The summed E-state index contributed by atoms with van der Waals surface area (Å²) in [6, 6.07) is 5.68. The molecule has 1 aromatic rings. The molecule has 0 atom stereocenters. The zero-order valence-electron chi connectivity index (χ0n) is 9.62. The van der Waals surface area contributed by atoms with Gasteiger partial charge in [0.2, 0.25) is 0 Å². The summed E-state index contributed by atoms with van der Waals surface area (Å²) in [5, 5.41) is 9.46. The number of carboxylic acids is 1. The van der Waals surface area contributed by atoms with E-state index in [-0.39, 0.29) is 6.54 Å². The molecule has 0 radical (unpaired) electrons. The van der Waals surface area contributed by atoms with E-state index < -0.39 is 5.97 Å². The maximum atomic E-state index is 10.7. The fourth-order valence-corrected chi connectivity index (χ4v) is 2.07. The molecule has 1 N–H and O–H groups in total. The number of aliphatic carboxylic acids is 1. The molecule has 0 aliphatic heterocycles. The molecule has 0 aromatic heterocycles. The molecule has 0 aliphatic rings. The van der Waals surface area contributed by atoms with Gasteiger partial charge in [0, 0.05) is 11.0 Å². The summed E-state index contributed by atoms with van der Waals surface area (Å²) in [5.41, 5.74) is 1.02. The summed E-state index contributed by atoms with van der Waals surface area (Å²) in [4.78, 5) is 12.6. The highest BCUT2D eigenvalue weighted by Gasteiger charge is 2.10. The third-order valence-corrected chi connectivity index (χ3v) is 3.52. The van der Waals surface area contributed by atoms with Crippen LogP contribution >= 0.6 is 27.5 Å². The number of nitrogens with zero attached hydrogens (tertiary/aromatic N) is 1. The molecule has 0 unspecified atom stereocenters. The quantitative estimate of drug-likeness (QED) is 0.873. The lowest BCUT2D eigenvalue weighted by Crippen LogP contribution is -2.30. The first-order valence-electron chi connectivity index (χ1n) is 5.41. The van der Waals surface area contributed by atoms with Crippen LogP contribution in [-0.2, 0) is 11.3 Å². The number of rotatable bonds is 6. The van der Waals surface area contributed by atoms with Crippen molar-refractivity contribution in [2.24, 2.45) is 0 Å². The van der Waals surface area contributed by atoms with E-state index in [0.29, 0.717) is 11.6 Å². The fourth-order valence-electron chi connectivity index (χ4n) is 1.62. The van der Waals surface area contributed by atoms with Crippen molar-refractivity contribution in [1.82, 2.24) is 4.90 Å². The van der Waals surface area contributed by atoms with Crippen LogP contribution in [0.4, 0.5) is 0 Å². The van der Waals surface area contributed by atoms with Crippen molar-refractivity contribution in [3.63, 3.8) is 0 Å². The smallest absolute Gasteiger partial charge is 0.317 e. The molecule has 0 amide bonds. The topological polar surface area (TPSA) is 40.5 Å². The van der Waals surface area contributed by atoms with Crippen molar-refractivity contribution >= 4 is 33.5 Å². The Morgan fingerprint density at radius 1 is 1.53 bits per heavy atom. The highest BCUT2D eigenvalue weighted by Crippen LogP contribution is 2.23. The van der Waals surface area contributed by atoms with Crippen LogP contribution in [0.25, 0.3) is 0 Å². The van der Waals surface area contributed by atoms with Crippen molar-refractivity contribution < 1.29 is 9.90 Å². The Morgan fingerprint density at radius 2 is 2.24 bits per heavy atom. The van der Waals surface area contributed by atoms with Gasteiger partial charge in [0.15, 0.2) is 0 Å². The predicted molar refractivity (Wildman–Crippen MR) is 72.4 cm³/mol. The van der Waals surface area contributed by atoms with Gasteiger partial charge in [-0.3, -0.25) is 9.69 Å². The predicted octanol–water partition coefficient (Wildman–Crippen LogP) is 3.40. The summed E-state index contributed by atoms with van der Waals surface area (Å²) in [7, 11) is 0. The van der Waals surface area contributed by atoms with E-state index in [1.54, 1.807) is 0 Å². The number of hydrogen-bond acceptors (Lipinski definition) is 2. The third kappa shape index (κ3) is 5.06. The molecule has 5 heteroatoms. The zero-order chi connectivity index (χ0) is 12.8. The third-order valence-electron chi connectivity index (χ3n) is 2.29. The molecule has 0 spiro atoms. The number of benzene rings is 1. The molecule has 0 fully saturated rings. The van der Waals surface area contributed by atoms with Crippen LogP contribution in [0.1, 0.15) is 18.9 Å². The first-order chi connectivity index (χ1) is 8.02. The minimum Gasteiger partial charge on any atom is -0.480 e. The number of carbonyl (C=O) groups is 1. The second kappa shape index (κ2) is 6.99. The van der Waals surface area contributed by atoms with Crippen molar-refractivity contribution in [2.75, 3.05) is 13.1 Å². The van der Waals surface area contributed by atoms with Gasteiger partial charge in [-0.25, -0.2) is 0 Å². The Labute approximate surface area is 115 Å². The average molecular weight is 321 g/mol. The molecule has 1 rings (SSSR count). The normalized spacial score (nSPS) is 10.8. The van der Waals surface area contributed by atoms with Crippen LogP contribution < -0.4 is 0 Å². The van der Waals surface area contributed by atoms with Crippen molar-refractivity contribution in [3.05, 3.63) is 33.3 Å². The van der Waals surface area contributed by atoms with E-state index >= 15 is 0 Å². The maximum absolute atomic E-state index is 10.7. The summed E-state index contributed by atoms with van der Waals surface area (Å²) < 4.78 is 0.850. The van der Waals surface area contributed by atoms with Crippen molar-refractivity contribution in [1.29, 1.82) is 0 Å². The Hall–Kier alpha value is -0.580. The average Bonchev–Trinajstić information content (AvgIpc) is 2.23. The Bertz CT molecular complexity index is 398. The molecule has 0 aliphatic carbocycles. The van der Waals surface area contributed by atoms with Gasteiger partial charge in [-0.2, -0.15) is 0 Å². The zero-order valence-corrected chi connectivity index (χ0v) is 12.0. The summed E-state index contributed by atoms with van der Waals surface area (Å²) in [5.74, 6) is -0.804. The van der Waals surface area contributed by atoms with E-state index in [4.69, 9.17) is 16.7 Å². The molecule has 1 aromatic carbocycles. The van der Waals surface area contributed by atoms with E-state index in [0.717, 1.165) is 23.0 Å². The molecular formula is C12H15BrClNO2. The summed E-state index contributed by atoms with van der Waals surface area (Å²) in [6.45, 7) is 3.46. The summed E-state index contributed by atoms with van der Waals surface area (Å²) in [6.07, 6.45) is 0.928. The van der Waals surface area contributed by atoms with Gasteiger partial charge in [0.05, 0.1) is 11.6 Å². The molecule has 94 valence electrons. The van der Waals surface area contributed by atoms with Crippen LogP contribution in [0.15, 0.2) is 22.7 Å². The lowest BCUT2D eigenvalue weighted by molar-refractivity contribution is -0.138. The van der Waals surface area contributed by atoms with E-state index in [1.807, 2.05) is 30.0 Å². The minimum absolute atomic E-state index is 0.0571. The van der Waals surface area contributed by atoms with Crippen molar-refractivity contribution in [3.8, 4) is 0 Å². The standard InChI is InChI=1S/C12H15BrClNO2/c1-2-5-15(8-12(16)17)7-9-3-4-10(13)11(14)6-9/h3-4,6H,2,5,7-8H2,1H3,(H,16,17). The Kier molecular flexibility index (Phi) is 5.95. The fraction of sp³-hybridized carbons (Fsp3) is 0.417.